The van der Waals surface area contributed by atoms with Crippen LogP contribution in [-0.4, -0.2) is 82.8 Å². The zero-order valence-electron chi connectivity index (χ0n) is 26.8. The van der Waals surface area contributed by atoms with Gasteiger partial charge in [0.05, 0.1) is 17.3 Å². The van der Waals surface area contributed by atoms with E-state index in [2.05, 4.69) is 25.4 Å². The molecule has 3 heterocycles. The Morgan fingerprint density at radius 1 is 1.08 bits per heavy atom. The number of H-pyrrole nitrogens is 1. The van der Waals surface area contributed by atoms with Crippen LogP contribution in [0.3, 0.4) is 0 Å². The fraction of sp³-hybridized carbons (Fsp3) is 0.314. The maximum absolute atomic E-state index is 14.5. The van der Waals surface area contributed by atoms with Crippen LogP contribution in [0.15, 0.2) is 72.9 Å². The first-order valence-corrected chi connectivity index (χ1v) is 15.4. The number of halogens is 4. The van der Waals surface area contributed by atoms with Crippen LogP contribution in [0.1, 0.15) is 42.9 Å². The molecule has 252 valence electrons. The fourth-order valence-corrected chi connectivity index (χ4v) is 5.64. The van der Waals surface area contributed by atoms with Crippen molar-refractivity contribution in [1.29, 1.82) is 0 Å². The number of piperidine rings is 1. The van der Waals surface area contributed by atoms with E-state index in [1.165, 1.54) is 48.4 Å². The molecule has 4 aromatic rings. The molecule has 9 nitrogen and oxygen atoms in total. The number of carbonyl (C=O) groups excluding carboxylic acids is 2. The largest absolute Gasteiger partial charge is 0.473 e. The summed E-state index contributed by atoms with van der Waals surface area (Å²) in [5.74, 6) is -0.858. The minimum absolute atomic E-state index is 0.0562. The maximum Gasteiger partial charge on any atom is 0.393 e. The number of benzene rings is 2. The number of hydrogen-bond acceptors (Lipinski definition) is 6. The van der Waals surface area contributed by atoms with E-state index in [-0.39, 0.29) is 40.0 Å². The molecular formula is C35H36F4N6O3. The molecule has 0 saturated carbocycles. The van der Waals surface area contributed by atoms with Crippen molar-refractivity contribution >= 4 is 39.6 Å². The molecule has 0 aliphatic carbocycles. The monoisotopic (exact) mass is 664 g/mol. The van der Waals surface area contributed by atoms with Gasteiger partial charge in [-0.25, -0.2) is 4.98 Å². The zero-order chi connectivity index (χ0) is 34.4. The van der Waals surface area contributed by atoms with Gasteiger partial charge in [-0.2, -0.15) is 17.6 Å². The van der Waals surface area contributed by atoms with Crippen molar-refractivity contribution in [3.63, 3.8) is 0 Å². The molecule has 0 unspecified atom stereocenters. The lowest BCUT2D eigenvalue weighted by atomic mass is 9.88. The molecule has 2 aromatic heterocycles. The van der Waals surface area contributed by atoms with Crippen LogP contribution < -0.4 is 10.1 Å². The molecule has 48 heavy (non-hydrogen) atoms. The highest BCUT2D eigenvalue weighted by Gasteiger charge is 2.32. The Kier molecular flexibility index (Phi) is 10.6. The third-order valence-electron chi connectivity index (χ3n) is 7.88. The summed E-state index contributed by atoms with van der Waals surface area (Å²) in [6, 6.07) is 14.0. The number of pyridine rings is 1. The van der Waals surface area contributed by atoms with Crippen molar-refractivity contribution in [2.75, 3.05) is 39.0 Å². The molecule has 2 N–H and O–H groups in total. The normalized spacial score (nSPS) is 16.2. The first kappa shape index (κ1) is 34.3. The Bertz CT molecular complexity index is 1810. The molecule has 0 bridgehead atoms. The predicted octanol–water partition coefficient (Wildman–Crippen LogP) is 6.45. The number of ether oxygens (including phenoxy) is 1. The summed E-state index contributed by atoms with van der Waals surface area (Å²) in [7, 11) is 3.38. The average Bonchev–Trinajstić information content (AvgIpc) is 3.41. The van der Waals surface area contributed by atoms with E-state index in [0.29, 0.717) is 41.3 Å². The Morgan fingerprint density at radius 2 is 1.81 bits per heavy atom. The first-order valence-electron chi connectivity index (χ1n) is 15.4. The number of amides is 2. The minimum Gasteiger partial charge on any atom is -0.473 e. The molecule has 1 saturated heterocycles. The highest BCUT2D eigenvalue weighted by atomic mass is 19.4. The Morgan fingerprint density at radius 3 is 2.48 bits per heavy atom. The van der Waals surface area contributed by atoms with Gasteiger partial charge in [-0.15, -0.1) is 5.10 Å². The second kappa shape index (κ2) is 14.8. The summed E-state index contributed by atoms with van der Waals surface area (Å²) in [5.41, 5.74) is 1.97. The van der Waals surface area contributed by atoms with Crippen molar-refractivity contribution in [3.05, 3.63) is 95.6 Å². The molecular weight excluding hydrogens is 628 g/mol. The van der Waals surface area contributed by atoms with E-state index in [1.807, 2.05) is 6.08 Å². The van der Waals surface area contributed by atoms with E-state index >= 15 is 0 Å². The topological polar surface area (TPSA) is 103 Å². The van der Waals surface area contributed by atoms with Crippen LogP contribution in [0.5, 0.6) is 5.88 Å². The number of nitrogens with zero attached hydrogens (tertiary/aromatic N) is 4. The van der Waals surface area contributed by atoms with E-state index < -0.39 is 18.5 Å². The molecule has 5 rings (SSSR count). The maximum atomic E-state index is 14.5. The number of alkyl halides is 3. The highest BCUT2D eigenvalue weighted by molar-refractivity contribution is 6.01. The number of carbonyl (C=O) groups is 2. The van der Waals surface area contributed by atoms with Crippen LogP contribution in [0.25, 0.3) is 22.0 Å². The van der Waals surface area contributed by atoms with Crippen molar-refractivity contribution in [3.8, 4) is 5.88 Å². The van der Waals surface area contributed by atoms with Crippen LogP contribution in [0, 0.1) is 5.95 Å². The first-order chi connectivity index (χ1) is 22.9. The Labute approximate surface area is 275 Å². The number of allylic oxidation sites excluding steroid dienone is 1. The van der Waals surface area contributed by atoms with E-state index in [0.717, 1.165) is 19.4 Å². The number of likely N-dealkylation sites (tertiary alicyclic amines) is 1. The Hall–Kier alpha value is -5.04. The number of likely N-dealkylation sites (N-methyl/N-ethyl adjacent to an activating group) is 1. The van der Waals surface area contributed by atoms with Gasteiger partial charge in [-0.1, -0.05) is 24.3 Å². The lowest BCUT2D eigenvalue weighted by molar-refractivity contribution is -0.124. The van der Waals surface area contributed by atoms with Gasteiger partial charge in [0.1, 0.15) is 6.10 Å². The molecule has 13 heteroatoms. The molecule has 1 fully saturated rings. The van der Waals surface area contributed by atoms with Gasteiger partial charge in [0, 0.05) is 63.7 Å². The third kappa shape index (κ3) is 8.85. The molecule has 1 aliphatic rings. The smallest absolute Gasteiger partial charge is 0.393 e. The van der Waals surface area contributed by atoms with E-state index in [4.69, 9.17) is 4.74 Å². The van der Waals surface area contributed by atoms with Gasteiger partial charge in [0.2, 0.25) is 23.6 Å². The summed E-state index contributed by atoms with van der Waals surface area (Å²) in [6.45, 7) is 3.41. The number of nitrogens with one attached hydrogen (secondary N) is 2. The quantitative estimate of drug-likeness (QED) is 0.115. The number of rotatable bonds is 10. The molecule has 0 radical (unpaired) electrons. The van der Waals surface area contributed by atoms with Crippen molar-refractivity contribution in [2.45, 2.75) is 38.5 Å². The molecule has 2 aromatic carbocycles. The SMILES string of the molecule is CC(=O)Nc1ccc(/C(CC(F)(F)F)=C(\c2ccc(O[C@@H]3CCCN(C/C=C/C(=O)N(C)C)C3)nc2)c2ccc3[nH]nc(F)c3c2)cc1. The predicted molar refractivity (Wildman–Crippen MR) is 176 cm³/mol. The summed E-state index contributed by atoms with van der Waals surface area (Å²) >= 11 is 0. The number of aromatic nitrogens is 3. The third-order valence-corrected chi connectivity index (χ3v) is 7.88. The van der Waals surface area contributed by atoms with Gasteiger partial charge >= 0.3 is 6.18 Å². The van der Waals surface area contributed by atoms with Crippen LogP contribution in [-0.2, 0) is 9.59 Å². The van der Waals surface area contributed by atoms with Crippen molar-refractivity contribution in [1.82, 2.24) is 25.0 Å². The summed E-state index contributed by atoms with van der Waals surface area (Å²) in [4.78, 5) is 31.5. The second-order valence-electron chi connectivity index (χ2n) is 11.8. The average molecular weight is 665 g/mol. The number of hydrogen-bond donors (Lipinski definition) is 2. The van der Waals surface area contributed by atoms with Gasteiger partial charge in [0.25, 0.3) is 0 Å². The molecule has 0 spiro atoms. The molecule has 1 aliphatic heterocycles. The van der Waals surface area contributed by atoms with Crippen LogP contribution in [0.4, 0.5) is 23.2 Å². The standard InChI is InChI=1S/C35H36F4N6O3/c1-22(46)41-26-12-8-23(9-13-26)29(19-35(37,38)39)33(24-10-14-30-28(18-24)34(36)43-42-30)25-11-15-31(40-20-25)48-27-6-4-16-45(21-27)17-5-7-32(47)44(2)3/h5,7-15,18,20,27H,4,6,16-17,19,21H2,1-3H3,(H,41,46)(H,42,43)/b7-5+,33-29-/t27-/m1/s1. The van der Waals surface area contributed by atoms with Crippen molar-refractivity contribution < 1.29 is 31.9 Å². The Balaban J connectivity index is 1.48. The number of fused-ring (bicyclic) bond motifs is 1. The van der Waals surface area contributed by atoms with E-state index in [1.54, 1.807) is 44.4 Å². The lowest BCUT2D eigenvalue weighted by Gasteiger charge is -2.31. The highest BCUT2D eigenvalue weighted by Crippen LogP contribution is 2.40. The van der Waals surface area contributed by atoms with Crippen LogP contribution >= 0.6 is 0 Å². The number of aromatic amines is 1. The molecule has 2 amide bonds. The van der Waals surface area contributed by atoms with Crippen LogP contribution in [0.2, 0.25) is 0 Å². The van der Waals surface area contributed by atoms with Gasteiger partial charge in [0.15, 0.2) is 0 Å². The summed E-state index contributed by atoms with van der Waals surface area (Å²) in [6.07, 6.45) is 0.478. The lowest BCUT2D eigenvalue weighted by Crippen LogP contribution is -2.41. The van der Waals surface area contributed by atoms with Gasteiger partial charge < -0.3 is 15.0 Å². The van der Waals surface area contributed by atoms with Crippen molar-refractivity contribution in [2.24, 2.45) is 0 Å². The van der Waals surface area contributed by atoms with E-state index in [9.17, 15) is 27.2 Å². The minimum atomic E-state index is -4.58. The van der Waals surface area contributed by atoms with Gasteiger partial charge in [-0.3, -0.25) is 19.6 Å². The zero-order valence-corrected chi connectivity index (χ0v) is 26.8. The summed E-state index contributed by atoms with van der Waals surface area (Å²) in [5, 5.41) is 8.92. The number of anilines is 1. The molecule has 1 atom stereocenters. The second-order valence-corrected chi connectivity index (χ2v) is 11.8. The fourth-order valence-electron chi connectivity index (χ4n) is 5.64. The summed E-state index contributed by atoms with van der Waals surface area (Å²) < 4.78 is 63.3. The van der Waals surface area contributed by atoms with Gasteiger partial charge in [-0.05, 0) is 72.0 Å².